The number of hydrogen-bond donors (Lipinski definition) is 0. The summed E-state index contributed by atoms with van der Waals surface area (Å²) >= 11 is 0. The topological polar surface area (TPSA) is 35.6 Å². The van der Waals surface area contributed by atoms with E-state index in [1.54, 1.807) is 0 Å². The first kappa shape index (κ1) is 29.9. The van der Waals surface area contributed by atoms with Gasteiger partial charge < -0.3 is 9.13 Å². The molecule has 0 N–H and O–H groups in total. The van der Waals surface area contributed by atoms with Crippen LogP contribution in [0, 0.1) is 0 Å². The summed E-state index contributed by atoms with van der Waals surface area (Å²) in [6.07, 6.45) is 0. The molecule has 10 aromatic rings. The fourth-order valence-electron chi connectivity index (χ4n) is 8.77. The molecule has 53 heavy (non-hydrogen) atoms. The van der Waals surface area contributed by atoms with Gasteiger partial charge >= 0.3 is 0 Å². The second kappa shape index (κ2) is 11.1. The normalized spacial score (nSPS) is 13.2. The van der Waals surface area contributed by atoms with Gasteiger partial charge in [0, 0.05) is 38.4 Å². The van der Waals surface area contributed by atoms with Crippen molar-refractivity contribution in [3.63, 3.8) is 0 Å². The lowest BCUT2D eigenvalue weighted by molar-refractivity contribution is 0.630. The number of rotatable bonds is 4. The minimum Gasteiger partial charge on any atom is -0.309 e. The molecule has 11 rings (SSSR count). The predicted molar refractivity (Wildman–Crippen MR) is 219 cm³/mol. The average molecular weight is 679 g/mol. The Balaban J connectivity index is 1.24. The molecule has 0 aliphatic carbocycles. The summed E-state index contributed by atoms with van der Waals surface area (Å²) in [4.78, 5) is 10.7. The van der Waals surface area contributed by atoms with E-state index in [1.165, 1.54) is 44.2 Å². The SMILES string of the molecule is CC1(C)c2ccccc2-n2c3ccccc3c3cc(-c4ccc5c(c4)c4nc(-c6ccccc6)nc(-c6ccccc6)c4n5-c4ccccc4)cc1c32. The van der Waals surface area contributed by atoms with Crippen LogP contribution in [0.3, 0.4) is 0 Å². The quantitative estimate of drug-likeness (QED) is 0.186. The van der Waals surface area contributed by atoms with E-state index in [9.17, 15) is 0 Å². The van der Waals surface area contributed by atoms with E-state index in [4.69, 9.17) is 9.97 Å². The third kappa shape index (κ3) is 4.30. The summed E-state index contributed by atoms with van der Waals surface area (Å²) in [5.74, 6) is 0.716. The first-order chi connectivity index (χ1) is 26.1. The minimum absolute atomic E-state index is 0.189. The van der Waals surface area contributed by atoms with Crippen LogP contribution in [0.25, 0.3) is 88.9 Å². The lowest BCUT2D eigenvalue weighted by Gasteiger charge is -2.35. The van der Waals surface area contributed by atoms with E-state index in [-0.39, 0.29) is 5.41 Å². The van der Waals surface area contributed by atoms with Gasteiger partial charge in [-0.05, 0) is 70.8 Å². The van der Waals surface area contributed by atoms with Crippen LogP contribution in [0.15, 0.2) is 170 Å². The summed E-state index contributed by atoms with van der Waals surface area (Å²) in [6.45, 7) is 4.74. The van der Waals surface area contributed by atoms with Gasteiger partial charge in [0.1, 0.15) is 5.52 Å². The Hall–Kier alpha value is -6.78. The molecular formula is C49H34N4. The van der Waals surface area contributed by atoms with Crippen LogP contribution < -0.4 is 0 Å². The van der Waals surface area contributed by atoms with Crippen LogP contribution in [0.4, 0.5) is 0 Å². The summed E-state index contributed by atoms with van der Waals surface area (Å²) in [7, 11) is 0. The van der Waals surface area contributed by atoms with Crippen LogP contribution in [0.2, 0.25) is 0 Å². The largest absolute Gasteiger partial charge is 0.309 e. The van der Waals surface area contributed by atoms with Crippen LogP contribution in [0.1, 0.15) is 25.0 Å². The van der Waals surface area contributed by atoms with E-state index >= 15 is 0 Å². The van der Waals surface area contributed by atoms with Crippen molar-refractivity contribution in [2.45, 2.75) is 19.3 Å². The lowest BCUT2D eigenvalue weighted by atomic mass is 9.74. The zero-order valence-corrected chi connectivity index (χ0v) is 29.5. The van der Waals surface area contributed by atoms with Crippen molar-refractivity contribution >= 4 is 43.7 Å². The molecule has 0 atom stereocenters. The summed E-state index contributed by atoms with van der Waals surface area (Å²) in [6, 6.07) is 60.9. The molecule has 0 amide bonds. The fourth-order valence-corrected chi connectivity index (χ4v) is 8.77. The number of benzene rings is 7. The van der Waals surface area contributed by atoms with Crippen molar-refractivity contribution in [3.05, 3.63) is 181 Å². The Labute approximate surface area is 307 Å². The molecule has 0 spiro atoms. The fraction of sp³-hybridized carbons (Fsp3) is 0.0612. The maximum Gasteiger partial charge on any atom is 0.160 e. The molecule has 250 valence electrons. The van der Waals surface area contributed by atoms with Crippen LogP contribution in [-0.2, 0) is 5.41 Å². The maximum absolute atomic E-state index is 5.39. The Bertz CT molecular complexity index is 3060. The molecule has 0 fully saturated rings. The predicted octanol–water partition coefficient (Wildman–Crippen LogP) is 12.3. The van der Waals surface area contributed by atoms with Crippen molar-refractivity contribution in [2.24, 2.45) is 0 Å². The van der Waals surface area contributed by atoms with Crippen molar-refractivity contribution in [2.75, 3.05) is 0 Å². The van der Waals surface area contributed by atoms with Gasteiger partial charge in [-0.15, -0.1) is 0 Å². The second-order valence-corrected chi connectivity index (χ2v) is 14.6. The van der Waals surface area contributed by atoms with Crippen LogP contribution >= 0.6 is 0 Å². The Kier molecular flexibility index (Phi) is 6.27. The highest BCUT2D eigenvalue weighted by atomic mass is 15.0. The average Bonchev–Trinajstić information content (AvgIpc) is 3.73. The molecular weight excluding hydrogens is 645 g/mol. The van der Waals surface area contributed by atoms with Gasteiger partial charge in [0.15, 0.2) is 5.82 Å². The summed E-state index contributed by atoms with van der Waals surface area (Å²) in [5.41, 5.74) is 15.7. The molecule has 1 aliphatic rings. The Morgan fingerprint density at radius 1 is 0.434 bits per heavy atom. The molecule has 0 radical (unpaired) electrons. The Morgan fingerprint density at radius 2 is 1.08 bits per heavy atom. The zero-order valence-electron chi connectivity index (χ0n) is 29.5. The molecule has 4 heterocycles. The highest BCUT2D eigenvalue weighted by molar-refractivity contribution is 6.15. The number of para-hydroxylation sites is 3. The zero-order chi connectivity index (χ0) is 35.3. The van der Waals surface area contributed by atoms with Crippen molar-refractivity contribution in [1.82, 2.24) is 19.1 Å². The first-order valence-corrected chi connectivity index (χ1v) is 18.3. The summed E-state index contributed by atoms with van der Waals surface area (Å²) < 4.78 is 4.82. The molecule has 1 aliphatic heterocycles. The number of fused-ring (bicyclic) bond motifs is 8. The molecule has 7 aromatic carbocycles. The van der Waals surface area contributed by atoms with Gasteiger partial charge in [-0.25, -0.2) is 9.97 Å². The van der Waals surface area contributed by atoms with E-state index in [2.05, 4.69) is 187 Å². The standard InChI is InChI=1S/C49H34N4/c1-49(2)39-23-13-15-25-43(39)53-41-24-14-12-22-36(41)37-29-34(30-40(49)46(37)53)33-26-27-42-38(28-33)45-47(52(42)35-20-10-5-11-21-35)44(31-16-6-3-7-17-31)50-48(51-45)32-18-8-4-9-19-32/h3-30H,1-2H3. The van der Waals surface area contributed by atoms with Crippen molar-refractivity contribution in [1.29, 1.82) is 0 Å². The van der Waals surface area contributed by atoms with E-state index in [1.807, 2.05) is 6.07 Å². The minimum atomic E-state index is -0.189. The maximum atomic E-state index is 5.39. The highest BCUT2D eigenvalue weighted by Crippen LogP contribution is 2.49. The van der Waals surface area contributed by atoms with Crippen LogP contribution in [0.5, 0.6) is 0 Å². The number of hydrogen-bond acceptors (Lipinski definition) is 2. The molecule has 0 saturated heterocycles. The van der Waals surface area contributed by atoms with Gasteiger partial charge in [-0.2, -0.15) is 0 Å². The molecule has 3 aromatic heterocycles. The number of nitrogens with zero attached hydrogens (tertiary/aromatic N) is 4. The van der Waals surface area contributed by atoms with Gasteiger partial charge in [-0.1, -0.05) is 135 Å². The van der Waals surface area contributed by atoms with Crippen molar-refractivity contribution in [3.8, 4) is 45.1 Å². The molecule has 0 saturated carbocycles. The highest BCUT2D eigenvalue weighted by Gasteiger charge is 2.35. The smallest absolute Gasteiger partial charge is 0.160 e. The van der Waals surface area contributed by atoms with Gasteiger partial charge in [0.25, 0.3) is 0 Å². The molecule has 4 heteroatoms. The van der Waals surface area contributed by atoms with Gasteiger partial charge in [-0.3, -0.25) is 0 Å². The number of aromatic nitrogens is 4. The summed E-state index contributed by atoms with van der Waals surface area (Å²) in [5, 5.41) is 3.65. The third-order valence-electron chi connectivity index (χ3n) is 11.3. The van der Waals surface area contributed by atoms with Crippen molar-refractivity contribution < 1.29 is 0 Å². The third-order valence-corrected chi connectivity index (χ3v) is 11.3. The second-order valence-electron chi connectivity index (χ2n) is 14.6. The van der Waals surface area contributed by atoms with E-state index < -0.39 is 0 Å². The van der Waals surface area contributed by atoms with E-state index in [0.29, 0.717) is 5.82 Å². The van der Waals surface area contributed by atoms with Gasteiger partial charge in [0.05, 0.1) is 33.4 Å². The van der Waals surface area contributed by atoms with Gasteiger partial charge in [0.2, 0.25) is 0 Å². The lowest BCUT2D eigenvalue weighted by Crippen LogP contribution is -2.26. The molecule has 0 unspecified atom stereocenters. The van der Waals surface area contributed by atoms with Crippen LogP contribution in [-0.4, -0.2) is 19.1 Å². The molecule has 4 nitrogen and oxygen atoms in total. The monoisotopic (exact) mass is 678 g/mol. The molecule has 0 bridgehead atoms. The first-order valence-electron chi connectivity index (χ1n) is 18.3. The van der Waals surface area contributed by atoms with E-state index in [0.717, 1.165) is 50.0 Å². The Morgan fingerprint density at radius 3 is 1.87 bits per heavy atom.